The zero-order valence-electron chi connectivity index (χ0n) is 13.2. The minimum atomic E-state index is -0.942. The van der Waals surface area contributed by atoms with E-state index in [1.807, 2.05) is 0 Å². The fourth-order valence-electron chi connectivity index (χ4n) is 2.00. The van der Waals surface area contributed by atoms with Gasteiger partial charge in [-0.2, -0.15) is 0 Å². The number of nitrogens with zero attached hydrogens (tertiary/aromatic N) is 2. The third-order valence-corrected chi connectivity index (χ3v) is 3.27. The fraction of sp³-hybridized carbons (Fsp3) is 0.312. The second-order valence-electron chi connectivity index (χ2n) is 4.88. The number of hydrogen-bond donors (Lipinski definition) is 2. The molecular weight excluding hydrogens is 298 g/mol. The summed E-state index contributed by atoms with van der Waals surface area (Å²) in [5, 5.41) is 12.9. The van der Waals surface area contributed by atoms with E-state index >= 15 is 0 Å². The Hall–Kier alpha value is -2.67. The summed E-state index contributed by atoms with van der Waals surface area (Å²) in [6.45, 7) is 1.80. The Balaban J connectivity index is 2.05. The Morgan fingerprint density at radius 1 is 1.26 bits per heavy atom. The van der Waals surface area contributed by atoms with Crippen LogP contribution in [0.4, 0.5) is 0 Å². The van der Waals surface area contributed by atoms with Crippen LogP contribution in [0.3, 0.4) is 0 Å². The lowest BCUT2D eigenvalue weighted by Gasteiger charge is -2.16. The third-order valence-electron chi connectivity index (χ3n) is 3.27. The van der Waals surface area contributed by atoms with Gasteiger partial charge in [-0.05, 0) is 25.1 Å². The Bertz CT molecular complexity index is 674. The van der Waals surface area contributed by atoms with Crippen LogP contribution in [-0.2, 0) is 0 Å². The van der Waals surface area contributed by atoms with Crippen LogP contribution in [0.5, 0.6) is 11.5 Å². The molecule has 1 aromatic carbocycles. The predicted octanol–water partition coefficient (Wildman–Crippen LogP) is 1.27. The average molecular weight is 317 g/mol. The molecule has 0 aliphatic heterocycles. The Morgan fingerprint density at radius 3 is 2.65 bits per heavy atom. The van der Waals surface area contributed by atoms with Crippen molar-refractivity contribution in [2.75, 3.05) is 20.8 Å². The van der Waals surface area contributed by atoms with Crippen LogP contribution in [0.15, 0.2) is 30.6 Å². The number of amides is 1. The molecule has 0 unspecified atom stereocenters. The molecule has 0 saturated heterocycles. The lowest BCUT2D eigenvalue weighted by molar-refractivity contribution is 0.0909. The van der Waals surface area contributed by atoms with Gasteiger partial charge in [0.05, 0.1) is 26.1 Å². The van der Waals surface area contributed by atoms with Gasteiger partial charge in [-0.15, -0.1) is 0 Å². The van der Waals surface area contributed by atoms with Gasteiger partial charge in [0.2, 0.25) is 0 Å². The van der Waals surface area contributed by atoms with E-state index in [1.165, 1.54) is 26.6 Å². The van der Waals surface area contributed by atoms with Gasteiger partial charge in [-0.1, -0.05) is 0 Å². The smallest absolute Gasteiger partial charge is 0.271 e. The van der Waals surface area contributed by atoms with Crippen LogP contribution in [0, 0.1) is 6.92 Å². The average Bonchev–Trinajstić information content (AvgIpc) is 2.59. The summed E-state index contributed by atoms with van der Waals surface area (Å²) in [5.74, 6) is 0.705. The molecule has 23 heavy (non-hydrogen) atoms. The first kappa shape index (κ1) is 16.7. The number of ether oxygens (including phenoxy) is 2. The molecule has 1 heterocycles. The van der Waals surface area contributed by atoms with Crippen LogP contribution in [0.1, 0.15) is 27.8 Å². The molecule has 0 saturated carbocycles. The van der Waals surface area contributed by atoms with E-state index in [-0.39, 0.29) is 12.2 Å². The van der Waals surface area contributed by atoms with Gasteiger partial charge in [0, 0.05) is 18.3 Å². The maximum absolute atomic E-state index is 12.0. The summed E-state index contributed by atoms with van der Waals surface area (Å²) in [4.78, 5) is 20.0. The van der Waals surface area contributed by atoms with E-state index in [1.54, 1.807) is 25.1 Å². The number of aromatic nitrogens is 2. The highest BCUT2D eigenvalue weighted by Crippen LogP contribution is 2.29. The summed E-state index contributed by atoms with van der Waals surface area (Å²) in [6.07, 6.45) is 1.96. The van der Waals surface area contributed by atoms with Gasteiger partial charge < -0.3 is 19.9 Å². The number of aliphatic hydroxyl groups is 1. The number of hydrogen-bond acceptors (Lipinski definition) is 6. The molecule has 0 aliphatic carbocycles. The highest BCUT2D eigenvalue weighted by atomic mass is 16.5. The summed E-state index contributed by atoms with van der Waals surface area (Å²) in [5.41, 5.74) is 1.45. The molecule has 2 aromatic rings. The minimum absolute atomic E-state index is 0.0118. The van der Waals surface area contributed by atoms with E-state index in [4.69, 9.17) is 9.47 Å². The van der Waals surface area contributed by atoms with Gasteiger partial charge in [-0.3, -0.25) is 9.78 Å². The SMILES string of the molecule is COc1ccc(OC)c([C@H](O)CNC(=O)c2cnc(C)cn2)c1. The molecular formula is C16H19N3O4. The molecule has 0 fully saturated rings. The lowest BCUT2D eigenvalue weighted by Crippen LogP contribution is -2.29. The lowest BCUT2D eigenvalue weighted by atomic mass is 10.1. The number of aliphatic hydroxyl groups excluding tert-OH is 1. The Morgan fingerprint density at radius 2 is 2.04 bits per heavy atom. The summed E-state index contributed by atoms with van der Waals surface area (Å²) in [6, 6.07) is 5.10. The Kier molecular flexibility index (Phi) is 5.48. The molecule has 0 radical (unpaired) electrons. The number of benzene rings is 1. The molecule has 7 heteroatoms. The number of rotatable bonds is 6. The number of nitrogens with one attached hydrogen (secondary N) is 1. The maximum Gasteiger partial charge on any atom is 0.271 e. The van der Waals surface area contributed by atoms with E-state index < -0.39 is 12.0 Å². The number of carbonyl (C=O) groups is 1. The van der Waals surface area contributed by atoms with Gasteiger partial charge in [0.25, 0.3) is 5.91 Å². The first-order valence-electron chi connectivity index (χ1n) is 7.02. The topological polar surface area (TPSA) is 93.6 Å². The van der Waals surface area contributed by atoms with Crippen molar-refractivity contribution in [1.29, 1.82) is 0 Å². The summed E-state index contributed by atoms with van der Waals surface area (Å²) >= 11 is 0. The minimum Gasteiger partial charge on any atom is -0.497 e. The normalized spacial score (nSPS) is 11.7. The molecule has 0 bridgehead atoms. The molecule has 1 aromatic heterocycles. The van der Waals surface area contributed by atoms with E-state index in [9.17, 15) is 9.90 Å². The van der Waals surface area contributed by atoms with Gasteiger partial charge in [0.1, 0.15) is 23.3 Å². The molecule has 1 atom stereocenters. The second kappa shape index (κ2) is 7.55. The predicted molar refractivity (Wildman–Crippen MR) is 83.6 cm³/mol. The molecule has 122 valence electrons. The van der Waals surface area contributed by atoms with Gasteiger partial charge >= 0.3 is 0 Å². The molecule has 2 N–H and O–H groups in total. The van der Waals surface area contributed by atoms with Crippen molar-refractivity contribution in [1.82, 2.24) is 15.3 Å². The second-order valence-corrected chi connectivity index (χ2v) is 4.88. The molecule has 1 amide bonds. The van der Waals surface area contributed by atoms with Crippen LogP contribution < -0.4 is 14.8 Å². The van der Waals surface area contributed by atoms with Crippen LogP contribution in [0.2, 0.25) is 0 Å². The zero-order chi connectivity index (χ0) is 16.8. The van der Waals surface area contributed by atoms with Gasteiger partial charge in [0.15, 0.2) is 0 Å². The van der Waals surface area contributed by atoms with Crippen molar-refractivity contribution >= 4 is 5.91 Å². The largest absolute Gasteiger partial charge is 0.497 e. The molecule has 7 nitrogen and oxygen atoms in total. The fourth-order valence-corrected chi connectivity index (χ4v) is 2.00. The summed E-state index contributed by atoms with van der Waals surface area (Å²) in [7, 11) is 3.05. The highest BCUT2D eigenvalue weighted by molar-refractivity contribution is 5.91. The van der Waals surface area contributed by atoms with Crippen molar-refractivity contribution in [3.05, 3.63) is 47.5 Å². The Labute approximate surface area is 134 Å². The first-order valence-corrected chi connectivity index (χ1v) is 7.02. The first-order chi connectivity index (χ1) is 11.0. The van der Waals surface area contributed by atoms with Crippen molar-refractivity contribution < 1.29 is 19.4 Å². The number of methoxy groups -OCH3 is 2. The van der Waals surface area contributed by atoms with Gasteiger partial charge in [-0.25, -0.2) is 4.98 Å². The van der Waals surface area contributed by atoms with Crippen LogP contribution in [-0.4, -0.2) is 41.7 Å². The van der Waals surface area contributed by atoms with Crippen molar-refractivity contribution in [2.45, 2.75) is 13.0 Å². The number of carbonyl (C=O) groups excluding carboxylic acids is 1. The third kappa shape index (κ3) is 4.17. The van der Waals surface area contributed by atoms with E-state index in [2.05, 4.69) is 15.3 Å². The van der Waals surface area contributed by atoms with E-state index in [0.717, 1.165) is 5.69 Å². The maximum atomic E-state index is 12.0. The highest BCUT2D eigenvalue weighted by Gasteiger charge is 2.16. The molecule has 0 spiro atoms. The van der Waals surface area contributed by atoms with Crippen molar-refractivity contribution in [2.24, 2.45) is 0 Å². The number of aryl methyl sites for hydroxylation is 1. The zero-order valence-corrected chi connectivity index (χ0v) is 13.2. The van der Waals surface area contributed by atoms with Crippen LogP contribution in [0.25, 0.3) is 0 Å². The molecule has 0 aliphatic rings. The van der Waals surface area contributed by atoms with E-state index in [0.29, 0.717) is 17.1 Å². The van der Waals surface area contributed by atoms with Crippen LogP contribution >= 0.6 is 0 Å². The summed E-state index contributed by atoms with van der Waals surface area (Å²) < 4.78 is 10.4. The standard InChI is InChI=1S/C16H19N3O4/c1-10-7-18-13(8-17-10)16(21)19-9-14(20)12-6-11(22-2)4-5-15(12)23-3/h4-8,14,20H,9H2,1-3H3,(H,19,21)/t14-/m1/s1. The van der Waals surface area contributed by atoms with Crippen molar-refractivity contribution in [3.8, 4) is 11.5 Å². The quantitative estimate of drug-likeness (QED) is 0.833. The molecule has 2 rings (SSSR count). The monoisotopic (exact) mass is 317 g/mol. The van der Waals surface area contributed by atoms with Crippen molar-refractivity contribution in [3.63, 3.8) is 0 Å².